The van der Waals surface area contributed by atoms with Gasteiger partial charge in [-0.05, 0) is 24.6 Å². The largest absolute Gasteiger partial charge is 0.495 e. The minimum atomic E-state index is -0.886. The molecular formula is C17H18ClN3O4. The Morgan fingerprint density at radius 2 is 1.56 bits per heavy atom. The lowest BCUT2D eigenvalue weighted by Gasteiger charge is -2.13. The molecule has 7 nitrogen and oxygen atoms in total. The van der Waals surface area contributed by atoms with Crippen LogP contribution in [0.5, 0.6) is 11.5 Å². The zero-order valence-corrected chi connectivity index (χ0v) is 14.7. The minimum absolute atomic E-state index is 0.251. The summed E-state index contributed by atoms with van der Waals surface area (Å²) >= 11 is 6.01. The summed E-state index contributed by atoms with van der Waals surface area (Å²) in [5.41, 5.74) is 7.66. The van der Waals surface area contributed by atoms with E-state index in [1.807, 2.05) is 6.92 Å². The van der Waals surface area contributed by atoms with Crippen molar-refractivity contribution in [2.45, 2.75) is 6.92 Å². The van der Waals surface area contributed by atoms with E-state index in [1.54, 1.807) is 18.2 Å². The Hall–Kier alpha value is -2.93. The van der Waals surface area contributed by atoms with Crippen LogP contribution in [-0.4, -0.2) is 26.0 Å². The highest BCUT2D eigenvalue weighted by atomic mass is 35.5. The fourth-order valence-corrected chi connectivity index (χ4v) is 2.33. The number of carbonyl (C=O) groups excluding carboxylic acids is 2. The first-order chi connectivity index (χ1) is 11.8. The second kappa shape index (κ2) is 7.76. The fraction of sp³-hybridized carbons (Fsp3) is 0.176. The van der Waals surface area contributed by atoms with Gasteiger partial charge in [-0.15, -0.1) is 0 Å². The lowest BCUT2D eigenvalue weighted by molar-refractivity contribution is -0.133. The SMILES string of the molecule is COc1cc(NC(=O)C(=O)Nc2cc(C)ccc2N)c(OC)cc1Cl. The number of aryl methyl sites for hydroxylation is 1. The van der Waals surface area contributed by atoms with Crippen LogP contribution in [0.15, 0.2) is 30.3 Å². The summed E-state index contributed by atoms with van der Waals surface area (Å²) in [6.07, 6.45) is 0. The van der Waals surface area contributed by atoms with E-state index >= 15 is 0 Å². The van der Waals surface area contributed by atoms with Crippen LogP contribution < -0.4 is 25.8 Å². The van der Waals surface area contributed by atoms with Gasteiger partial charge in [0.15, 0.2) is 0 Å². The number of anilines is 3. The van der Waals surface area contributed by atoms with Crippen molar-refractivity contribution >= 4 is 40.5 Å². The smallest absolute Gasteiger partial charge is 0.314 e. The van der Waals surface area contributed by atoms with E-state index in [2.05, 4.69) is 10.6 Å². The monoisotopic (exact) mass is 363 g/mol. The van der Waals surface area contributed by atoms with E-state index in [0.717, 1.165) is 5.56 Å². The van der Waals surface area contributed by atoms with Gasteiger partial charge in [0.2, 0.25) is 0 Å². The lowest BCUT2D eigenvalue weighted by atomic mass is 10.2. The third-order valence-corrected chi connectivity index (χ3v) is 3.68. The summed E-state index contributed by atoms with van der Waals surface area (Å²) in [7, 11) is 2.85. The van der Waals surface area contributed by atoms with Crippen molar-refractivity contribution in [3.05, 3.63) is 40.9 Å². The van der Waals surface area contributed by atoms with Gasteiger partial charge in [0.05, 0.1) is 36.3 Å². The molecule has 0 bridgehead atoms. The topological polar surface area (TPSA) is 103 Å². The first kappa shape index (κ1) is 18.4. The molecule has 0 spiro atoms. The van der Waals surface area contributed by atoms with Crippen molar-refractivity contribution < 1.29 is 19.1 Å². The maximum Gasteiger partial charge on any atom is 0.314 e. The predicted octanol–water partition coefficient (Wildman–Crippen LogP) is 2.83. The number of halogens is 1. The minimum Gasteiger partial charge on any atom is -0.495 e. The molecule has 2 amide bonds. The summed E-state index contributed by atoms with van der Waals surface area (Å²) in [5, 5.41) is 5.25. The molecule has 0 radical (unpaired) electrons. The fourth-order valence-electron chi connectivity index (χ4n) is 2.09. The Morgan fingerprint density at radius 3 is 2.16 bits per heavy atom. The van der Waals surface area contributed by atoms with Crippen LogP contribution in [-0.2, 0) is 9.59 Å². The maximum atomic E-state index is 12.2. The van der Waals surface area contributed by atoms with Crippen LogP contribution in [0.4, 0.5) is 17.1 Å². The molecule has 2 aromatic rings. The second-order valence-corrected chi connectivity index (χ2v) is 5.59. The molecule has 2 aromatic carbocycles. The van der Waals surface area contributed by atoms with Gasteiger partial charge in [-0.1, -0.05) is 17.7 Å². The van der Waals surface area contributed by atoms with Crippen molar-refractivity contribution in [2.24, 2.45) is 0 Å². The van der Waals surface area contributed by atoms with Crippen LogP contribution in [0.1, 0.15) is 5.56 Å². The summed E-state index contributed by atoms with van der Waals surface area (Å²) in [4.78, 5) is 24.3. The molecule has 0 aromatic heterocycles. The summed E-state index contributed by atoms with van der Waals surface area (Å²) in [6, 6.07) is 8.07. The zero-order valence-electron chi connectivity index (χ0n) is 14.0. The predicted molar refractivity (Wildman–Crippen MR) is 97.4 cm³/mol. The van der Waals surface area contributed by atoms with Crippen LogP contribution in [0, 0.1) is 6.92 Å². The van der Waals surface area contributed by atoms with Crippen molar-refractivity contribution in [1.29, 1.82) is 0 Å². The third kappa shape index (κ3) is 4.33. The van der Waals surface area contributed by atoms with E-state index in [0.29, 0.717) is 27.9 Å². The van der Waals surface area contributed by atoms with Gasteiger partial charge in [0.1, 0.15) is 11.5 Å². The average molecular weight is 364 g/mol. The number of carbonyl (C=O) groups is 2. The van der Waals surface area contributed by atoms with Crippen LogP contribution in [0.2, 0.25) is 5.02 Å². The van der Waals surface area contributed by atoms with Crippen LogP contribution in [0.25, 0.3) is 0 Å². The van der Waals surface area contributed by atoms with E-state index in [1.165, 1.54) is 26.4 Å². The molecule has 25 heavy (non-hydrogen) atoms. The van der Waals surface area contributed by atoms with Crippen LogP contribution >= 0.6 is 11.6 Å². The molecule has 0 aliphatic heterocycles. The maximum absolute atomic E-state index is 12.2. The number of rotatable bonds is 4. The molecular weight excluding hydrogens is 346 g/mol. The molecule has 0 atom stereocenters. The third-order valence-electron chi connectivity index (χ3n) is 3.39. The molecule has 0 aliphatic carbocycles. The summed E-state index contributed by atoms with van der Waals surface area (Å²) < 4.78 is 10.2. The number of hydrogen-bond donors (Lipinski definition) is 3. The van der Waals surface area contributed by atoms with Gasteiger partial charge in [-0.2, -0.15) is 0 Å². The highest BCUT2D eigenvalue weighted by molar-refractivity contribution is 6.44. The zero-order chi connectivity index (χ0) is 18.6. The molecule has 0 heterocycles. The molecule has 8 heteroatoms. The average Bonchev–Trinajstić information content (AvgIpc) is 2.59. The van der Waals surface area contributed by atoms with Gasteiger partial charge in [-0.3, -0.25) is 9.59 Å². The Morgan fingerprint density at radius 1 is 0.960 bits per heavy atom. The van der Waals surface area contributed by atoms with Crippen molar-refractivity contribution in [3.8, 4) is 11.5 Å². The van der Waals surface area contributed by atoms with Crippen LogP contribution in [0.3, 0.4) is 0 Å². The number of hydrogen-bond acceptors (Lipinski definition) is 5. The first-order valence-electron chi connectivity index (χ1n) is 7.25. The molecule has 0 saturated heterocycles. The number of nitrogen functional groups attached to an aromatic ring is 1. The molecule has 0 saturated carbocycles. The second-order valence-electron chi connectivity index (χ2n) is 5.19. The molecule has 0 unspecified atom stereocenters. The van der Waals surface area contributed by atoms with Gasteiger partial charge in [0.25, 0.3) is 0 Å². The van der Waals surface area contributed by atoms with Crippen molar-refractivity contribution in [3.63, 3.8) is 0 Å². The number of nitrogens with two attached hydrogens (primary N) is 1. The first-order valence-corrected chi connectivity index (χ1v) is 7.63. The van der Waals surface area contributed by atoms with Gasteiger partial charge in [-0.25, -0.2) is 0 Å². The Balaban J connectivity index is 2.18. The summed E-state index contributed by atoms with van der Waals surface area (Å²) in [5.74, 6) is -1.13. The highest BCUT2D eigenvalue weighted by Gasteiger charge is 2.18. The molecule has 132 valence electrons. The number of methoxy groups -OCH3 is 2. The highest BCUT2D eigenvalue weighted by Crippen LogP contribution is 2.35. The molecule has 0 aliphatic rings. The van der Waals surface area contributed by atoms with E-state index in [-0.39, 0.29) is 5.69 Å². The van der Waals surface area contributed by atoms with Gasteiger partial charge >= 0.3 is 11.8 Å². The van der Waals surface area contributed by atoms with Crippen molar-refractivity contribution in [2.75, 3.05) is 30.6 Å². The number of benzene rings is 2. The van der Waals surface area contributed by atoms with Crippen molar-refractivity contribution in [1.82, 2.24) is 0 Å². The Labute approximate surface area is 150 Å². The normalized spacial score (nSPS) is 10.1. The summed E-state index contributed by atoms with van der Waals surface area (Å²) in [6.45, 7) is 1.85. The van der Waals surface area contributed by atoms with E-state index in [4.69, 9.17) is 26.8 Å². The quantitative estimate of drug-likeness (QED) is 0.572. The number of nitrogens with one attached hydrogen (secondary N) is 2. The van der Waals surface area contributed by atoms with E-state index < -0.39 is 11.8 Å². The standard InChI is InChI=1S/C17H18ClN3O4/c1-9-4-5-11(19)12(6-9)20-16(22)17(23)21-13-8-14(24-2)10(18)7-15(13)25-3/h4-8H,19H2,1-3H3,(H,20,22)(H,21,23). The van der Waals surface area contributed by atoms with Gasteiger partial charge in [0, 0.05) is 12.1 Å². The molecule has 0 fully saturated rings. The lowest BCUT2D eigenvalue weighted by Crippen LogP contribution is -2.29. The Kier molecular flexibility index (Phi) is 5.71. The van der Waals surface area contributed by atoms with E-state index in [9.17, 15) is 9.59 Å². The van der Waals surface area contributed by atoms with Gasteiger partial charge < -0.3 is 25.8 Å². The number of amides is 2. The molecule has 2 rings (SSSR count). The number of ether oxygens (including phenoxy) is 2. The Bertz CT molecular complexity index is 824. The molecule has 4 N–H and O–H groups in total.